The lowest BCUT2D eigenvalue weighted by atomic mass is 10.1. The standard InChI is InChI=1S/C25H22ClN5O4S/c1-16-12-18(26)14-22-23(16)28-25(36-22)30(15-19-4-2-3-7-27-19)24(32)17-5-6-20(21(13-17)31(33)34)29-8-10-35-11-9-29/h2-7,12-14H,8-11,15H2,1H3. The Labute approximate surface area is 216 Å². The van der Waals surface area contributed by atoms with Crippen LogP contribution in [0.3, 0.4) is 0 Å². The molecule has 0 atom stereocenters. The Morgan fingerprint density at radius 2 is 2.03 bits per heavy atom. The van der Waals surface area contributed by atoms with Gasteiger partial charge in [0.15, 0.2) is 5.13 Å². The first-order chi connectivity index (χ1) is 17.4. The second-order valence-electron chi connectivity index (χ2n) is 8.34. The molecule has 11 heteroatoms. The summed E-state index contributed by atoms with van der Waals surface area (Å²) >= 11 is 7.58. The zero-order chi connectivity index (χ0) is 25.2. The van der Waals surface area contributed by atoms with Gasteiger partial charge in [-0.25, -0.2) is 4.98 Å². The minimum Gasteiger partial charge on any atom is -0.378 e. The molecular weight excluding hydrogens is 502 g/mol. The number of morpholine rings is 1. The minimum atomic E-state index is -0.451. The van der Waals surface area contributed by atoms with E-state index in [2.05, 4.69) is 4.98 Å². The second-order valence-corrected chi connectivity index (χ2v) is 9.78. The highest BCUT2D eigenvalue weighted by Gasteiger charge is 2.27. The van der Waals surface area contributed by atoms with E-state index in [9.17, 15) is 14.9 Å². The second kappa shape index (κ2) is 10.2. The fraction of sp³-hybridized carbons (Fsp3) is 0.240. The molecule has 1 amide bonds. The van der Waals surface area contributed by atoms with E-state index >= 15 is 0 Å². The lowest BCUT2D eigenvalue weighted by Crippen LogP contribution is -2.36. The van der Waals surface area contributed by atoms with E-state index in [-0.39, 0.29) is 17.8 Å². The number of aryl methyl sites for hydroxylation is 1. The summed E-state index contributed by atoms with van der Waals surface area (Å²) in [5.41, 5.74) is 2.87. The van der Waals surface area contributed by atoms with Gasteiger partial charge >= 0.3 is 0 Å². The van der Waals surface area contributed by atoms with E-state index < -0.39 is 10.8 Å². The molecule has 0 unspecified atom stereocenters. The molecule has 184 valence electrons. The van der Waals surface area contributed by atoms with E-state index in [1.807, 2.05) is 36.1 Å². The topological polar surface area (TPSA) is 102 Å². The van der Waals surface area contributed by atoms with Gasteiger partial charge < -0.3 is 9.64 Å². The third-order valence-corrected chi connectivity index (χ3v) is 7.18. The third-order valence-electron chi connectivity index (χ3n) is 5.93. The smallest absolute Gasteiger partial charge is 0.293 e. The summed E-state index contributed by atoms with van der Waals surface area (Å²) in [5, 5.41) is 13.0. The SMILES string of the molecule is Cc1cc(Cl)cc2sc(N(Cc3ccccn3)C(=O)c3ccc(N4CCOCC4)c([N+](=O)[O-])c3)nc12. The molecule has 1 saturated heterocycles. The van der Waals surface area contributed by atoms with Gasteiger partial charge in [-0.2, -0.15) is 0 Å². The summed E-state index contributed by atoms with van der Waals surface area (Å²) in [7, 11) is 0. The molecule has 0 spiro atoms. The monoisotopic (exact) mass is 523 g/mol. The fourth-order valence-electron chi connectivity index (χ4n) is 4.17. The molecule has 1 aliphatic rings. The Kier molecular flexibility index (Phi) is 6.82. The van der Waals surface area contributed by atoms with Crippen LogP contribution in [0.15, 0.2) is 54.7 Å². The van der Waals surface area contributed by atoms with Crippen LogP contribution in [0.5, 0.6) is 0 Å². The van der Waals surface area contributed by atoms with Crippen LogP contribution in [0.2, 0.25) is 5.02 Å². The number of anilines is 2. The van der Waals surface area contributed by atoms with Crippen LogP contribution in [0.25, 0.3) is 10.2 Å². The van der Waals surface area contributed by atoms with E-state index in [0.29, 0.717) is 47.8 Å². The van der Waals surface area contributed by atoms with Gasteiger partial charge in [0.25, 0.3) is 11.6 Å². The van der Waals surface area contributed by atoms with Gasteiger partial charge in [0.1, 0.15) is 5.69 Å². The number of carbonyl (C=O) groups excluding carboxylic acids is 1. The number of aromatic nitrogens is 2. The van der Waals surface area contributed by atoms with E-state index in [1.165, 1.54) is 22.3 Å². The van der Waals surface area contributed by atoms with Crippen LogP contribution < -0.4 is 9.80 Å². The van der Waals surface area contributed by atoms with Gasteiger partial charge in [-0.15, -0.1) is 0 Å². The zero-order valence-electron chi connectivity index (χ0n) is 19.4. The van der Waals surface area contributed by atoms with Crippen LogP contribution in [-0.2, 0) is 11.3 Å². The van der Waals surface area contributed by atoms with Crippen molar-refractivity contribution < 1.29 is 14.5 Å². The van der Waals surface area contributed by atoms with Gasteiger partial charge in [0, 0.05) is 35.9 Å². The molecule has 36 heavy (non-hydrogen) atoms. The van der Waals surface area contributed by atoms with Crippen LogP contribution in [0.1, 0.15) is 21.6 Å². The summed E-state index contributed by atoms with van der Waals surface area (Å²) in [6, 6.07) is 13.7. The number of nitro benzene ring substituents is 1. The summed E-state index contributed by atoms with van der Waals surface area (Å²) < 4.78 is 6.22. The molecule has 0 saturated carbocycles. The predicted octanol–water partition coefficient (Wildman–Crippen LogP) is 5.24. The quantitative estimate of drug-likeness (QED) is 0.251. The van der Waals surface area contributed by atoms with Crippen molar-refractivity contribution in [2.24, 2.45) is 0 Å². The number of rotatable bonds is 6. The van der Waals surface area contributed by atoms with Gasteiger partial charge in [-0.05, 0) is 48.9 Å². The van der Waals surface area contributed by atoms with E-state index in [1.54, 1.807) is 24.4 Å². The van der Waals surface area contributed by atoms with Crippen LogP contribution in [0.4, 0.5) is 16.5 Å². The Morgan fingerprint density at radius 1 is 1.22 bits per heavy atom. The molecule has 1 fully saturated rings. The number of hydrogen-bond donors (Lipinski definition) is 0. The van der Waals surface area contributed by atoms with Crippen molar-refractivity contribution in [2.75, 3.05) is 36.1 Å². The molecular formula is C25H22ClN5O4S. The first kappa shape index (κ1) is 24.1. The molecule has 2 aromatic heterocycles. The van der Waals surface area contributed by atoms with Crippen LogP contribution in [-0.4, -0.2) is 47.1 Å². The van der Waals surface area contributed by atoms with E-state index in [4.69, 9.17) is 21.3 Å². The molecule has 3 heterocycles. The molecule has 0 N–H and O–H groups in total. The van der Waals surface area contributed by atoms with Crippen molar-refractivity contribution >= 4 is 55.6 Å². The molecule has 1 aliphatic heterocycles. The first-order valence-corrected chi connectivity index (χ1v) is 12.5. The maximum Gasteiger partial charge on any atom is 0.293 e. The van der Waals surface area contributed by atoms with Gasteiger partial charge in [0.2, 0.25) is 0 Å². The molecule has 2 aromatic carbocycles. The van der Waals surface area contributed by atoms with Gasteiger partial charge in [0.05, 0.1) is 40.6 Å². The number of nitro groups is 1. The molecule has 0 aliphatic carbocycles. The number of halogens is 1. The van der Waals surface area contributed by atoms with Crippen molar-refractivity contribution in [1.29, 1.82) is 0 Å². The van der Waals surface area contributed by atoms with Crippen molar-refractivity contribution in [3.8, 4) is 0 Å². The van der Waals surface area contributed by atoms with Crippen molar-refractivity contribution in [3.05, 3.63) is 86.7 Å². The minimum absolute atomic E-state index is 0.118. The largest absolute Gasteiger partial charge is 0.378 e. The summed E-state index contributed by atoms with van der Waals surface area (Å²) in [6.07, 6.45) is 1.65. The third kappa shape index (κ3) is 4.88. The number of amides is 1. The van der Waals surface area contributed by atoms with Crippen molar-refractivity contribution in [1.82, 2.24) is 9.97 Å². The van der Waals surface area contributed by atoms with Gasteiger partial charge in [-0.3, -0.25) is 24.8 Å². The average Bonchev–Trinajstić information content (AvgIpc) is 3.32. The normalized spacial score (nSPS) is 13.7. The molecule has 5 rings (SSSR count). The Hall–Kier alpha value is -3.60. The van der Waals surface area contributed by atoms with Crippen LogP contribution >= 0.6 is 22.9 Å². The summed E-state index contributed by atoms with van der Waals surface area (Å²) in [4.78, 5) is 37.8. The Bertz CT molecular complexity index is 1440. The van der Waals surface area contributed by atoms with Crippen molar-refractivity contribution in [3.63, 3.8) is 0 Å². The van der Waals surface area contributed by atoms with Crippen LogP contribution in [0, 0.1) is 17.0 Å². The molecule has 0 radical (unpaired) electrons. The highest BCUT2D eigenvalue weighted by molar-refractivity contribution is 7.22. The molecule has 4 aromatic rings. The maximum absolute atomic E-state index is 13.8. The number of benzene rings is 2. The Morgan fingerprint density at radius 3 is 2.75 bits per heavy atom. The predicted molar refractivity (Wildman–Crippen MR) is 140 cm³/mol. The maximum atomic E-state index is 13.8. The number of ether oxygens (including phenoxy) is 1. The zero-order valence-corrected chi connectivity index (χ0v) is 21.0. The highest BCUT2D eigenvalue weighted by Crippen LogP contribution is 2.35. The van der Waals surface area contributed by atoms with Crippen molar-refractivity contribution in [2.45, 2.75) is 13.5 Å². The average molecular weight is 524 g/mol. The van der Waals surface area contributed by atoms with Gasteiger partial charge in [-0.1, -0.05) is 29.0 Å². The first-order valence-electron chi connectivity index (χ1n) is 11.3. The highest BCUT2D eigenvalue weighted by atomic mass is 35.5. The fourth-order valence-corrected chi connectivity index (χ4v) is 5.59. The Balaban J connectivity index is 1.56. The van der Waals surface area contributed by atoms with E-state index in [0.717, 1.165) is 15.8 Å². The number of nitrogens with zero attached hydrogens (tertiary/aromatic N) is 5. The summed E-state index contributed by atoms with van der Waals surface area (Å²) in [5.74, 6) is -0.403. The lowest BCUT2D eigenvalue weighted by Gasteiger charge is -2.28. The molecule has 9 nitrogen and oxygen atoms in total. The molecule has 0 bridgehead atoms. The summed E-state index contributed by atoms with van der Waals surface area (Å²) in [6.45, 7) is 4.16. The number of hydrogen-bond acceptors (Lipinski definition) is 8. The number of pyridine rings is 1. The lowest BCUT2D eigenvalue weighted by molar-refractivity contribution is -0.384. The number of thiazole rings is 1. The number of fused-ring (bicyclic) bond motifs is 1. The number of carbonyl (C=O) groups is 1.